The molecule has 28 heavy (non-hydrogen) atoms. The Morgan fingerprint density at radius 2 is 1.89 bits per heavy atom. The molecule has 0 heterocycles. The third-order valence-electron chi connectivity index (χ3n) is 3.78. The van der Waals surface area contributed by atoms with Crippen LogP contribution in [0, 0.1) is 0 Å². The van der Waals surface area contributed by atoms with Crippen LogP contribution in [0.4, 0.5) is 8.78 Å². The van der Waals surface area contributed by atoms with Crippen molar-refractivity contribution in [2.45, 2.75) is 19.6 Å². The summed E-state index contributed by atoms with van der Waals surface area (Å²) in [5.41, 5.74) is 1.80. The van der Waals surface area contributed by atoms with Crippen molar-refractivity contribution in [3.8, 4) is 11.5 Å². The molecule has 0 unspecified atom stereocenters. The summed E-state index contributed by atoms with van der Waals surface area (Å²) < 4.78 is 34.5. The molecule has 0 saturated heterocycles. The quantitative estimate of drug-likeness (QED) is 0.303. The van der Waals surface area contributed by atoms with Gasteiger partial charge >= 0.3 is 6.61 Å². The maximum atomic E-state index is 12.5. The van der Waals surface area contributed by atoms with E-state index < -0.39 is 6.61 Å². The minimum atomic E-state index is -2.90. The van der Waals surface area contributed by atoms with Gasteiger partial charge in [0.2, 0.25) is 0 Å². The molecule has 0 spiro atoms. The second-order valence-electron chi connectivity index (χ2n) is 5.56. The molecule has 0 amide bonds. The summed E-state index contributed by atoms with van der Waals surface area (Å²) >= 11 is 6.14. The van der Waals surface area contributed by atoms with E-state index in [0.717, 1.165) is 11.1 Å². The van der Waals surface area contributed by atoms with Crippen LogP contribution < -0.4 is 20.1 Å². The van der Waals surface area contributed by atoms with E-state index in [0.29, 0.717) is 30.5 Å². The number of alkyl halides is 2. The minimum Gasteiger partial charge on any atom is -0.493 e. The molecule has 154 valence electrons. The first-order valence-corrected chi connectivity index (χ1v) is 8.71. The van der Waals surface area contributed by atoms with Gasteiger partial charge in [-0.2, -0.15) is 8.78 Å². The van der Waals surface area contributed by atoms with Gasteiger partial charge in [-0.15, -0.1) is 24.0 Å². The summed E-state index contributed by atoms with van der Waals surface area (Å²) in [6.45, 7) is -1.81. The SMILES string of the molecule is CN=C(NCCc1ccc(OC)c(OC(F)F)c1)NCc1ccccc1Cl.I. The van der Waals surface area contributed by atoms with Crippen LogP contribution >= 0.6 is 35.6 Å². The number of hydrogen-bond acceptors (Lipinski definition) is 3. The van der Waals surface area contributed by atoms with Gasteiger partial charge in [0.15, 0.2) is 17.5 Å². The van der Waals surface area contributed by atoms with Gasteiger partial charge in [-0.1, -0.05) is 35.9 Å². The Kier molecular flexibility index (Phi) is 10.9. The fraction of sp³-hybridized carbons (Fsp3) is 0.316. The Labute approximate surface area is 185 Å². The first-order chi connectivity index (χ1) is 13.0. The highest BCUT2D eigenvalue weighted by Gasteiger charge is 2.11. The molecule has 0 bridgehead atoms. The van der Waals surface area contributed by atoms with Crippen molar-refractivity contribution in [2.24, 2.45) is 4.99 Å². The number of rotatable bonds is 8. The van der Waals surface area contributed by atoms with Crippen LogP contribution in [0.1, 0.15) is 11.1 Å². The van der Waals surface area contributed by atoms with Crippen molar-refractivity contribution in [1.29, 1.82) is 0 Å². The van der Waals surface area contributed by atoms with Crippen LogP contribution in [0.25, 0.3) is 0 Å². The molecule has 0 saturated carbocycles. The monoisotopic (exact) mass is 525 g/mol. The van der Waals surface area contributed by atoms with Crippen molar-refractivity contribution in [3.05, 3.63) is 58.6 Å². The van der Waals surface area contributed by atoms with Gasteiger partial charge in [-0.3, -0.25) is 4.99 Å². The molecule has 2 aromatic carbocycles. The summed E-state index contributed by atoms with van der Waals surface area (Å²) in [4.78, 5) is 4.16. The summed E-state index contributed by atoms with van der Waals surface area (Å²) in [7, 11) is 3.08. The molecular weight excluding hydrogens is 503 g/mol. The molecule has 0 fully saturated rings. The maximum Gasteiger partial charge on any atom is 0.387 e. The number of guanidine groups is 1. The Hall–Kier alpha value is -1.81. The molecule has 0 atom stereocenters. The molecule has 0 aliphatic carbocycles. The van der Waals surface area contributed by atoms with Crippen molar-refractivity contribution in [1.82, 2.24) is 10.6 Å². The average Bonchev–Trinajstić information content (AvgIpc) is 2.65. The van der Waals surface area contributed by atoms with Crippen LogP contribution in [0.15, 0.2) is 47.5 Å². The van der Waals surface area contributed by atoms with E-state index in [1.165, 1.54) is 7.11 Å². The van der Waals surface area contributed by atoms with Crippen molar-refractivity contribution >= 4 is 41.5 Å². The van der Waals surface area contributed by atoms with E-state index in [1.54, 1.807) is 25.2 Å². The Morgan fingerprint density at radius 3 is 2.54 bits per heavy atom. The normalized spacial score (nSPS) is 11.0. The molecule has 2 rings (SSSR count). The van der Waals surface area contributed by atoms with Gasteiger partial charge in [-0.05, 0) is 35.7 Å². The smallest absolute Gasteiger partial charge is 0.387 e. The van der Waals surface area contributed by atoms with E-state index in [2.05, 4.69) is 20.4 Å². The fourth-order valence-corrected chi connectivity index (χ4v) is 2.63. The van der Waals surface area contributed by atoms with Crippen molar-refractivity contribution in [3.63, 3.8) is 0 Å². The van der Waals surface area contributed by atoms with Gasteiger partial charge < -0.3 is 20.1 Å². The summed E-state index contributed by atoms with van der Waals surface area (Å²) in [6.07, 6.45) is 0.594. The third-order valence-corrected chi connectivity index (χ3v) is 4.15. The van der Waals surface area contributed by atoms with Crippen molar-refractivity contribution in [2.75, 3.05) is 20.7 Å². The lowest BCUT2D eigenvalue weighted by molar-refractivity contribution is -0.0512. The number of nitrogens with one attached hydrogen (secondary N) is 2. The first kappa shape index (κ1) is 24.2. The highest BCUT2D eigenvalue weighted by molar-refractivity contribution is 14.0. The summed E-state index contributed by atoms with van der Waals surface area (Å²) in [6, 6.07) is 12.5. The number of halogens is 4. The van der Waals surface area contributed by atoms with Crippen LogP contribution in [-0.4, -0.2) is 33.3 Å². The molecule has 2 N–H and O–H groups in total. The van der Waals surface area contributed by atoms with E-state index in [4.69, 9.17) is 16.3 Å². The lowest BCUT2D eigenvalue weighted by Crippen LogP contribution is -2.37. The molecule has 0 aliphatic heterocycles. The van der Waals surface area contributed by atoms with Gasteiger partial charge in [0.25, 0.3) is 0 Å². The lowest BCUT2D eigenvalue weighted by Gasteiger charge is -2.14. The van der Waals surface area contributed by atoms with E-state index in [1.807, 2.05) is 24.3 Å². The Balaban J connectivity index is 0.00000392. The molecule has 2 aromatic rings. The predicted octanol–water partition coefficient (Wildman–Crippen LogP) is 4.48. The summed E-state index contributed by atoms with van der Waals surface area (Å²) in [5, 5.41) is 7.04. The molecule has 0 radical (unpaired) electrons. The highest BCUT2D eigenvalue weighted by Crippen LogP contribution is 2.29. The Bertz CT molecular complexity index is 779. The van der Waals surface area contributed by atoms with Crippen LogP contribution in [0.3, 0.4) is 0 Å². The van der Waals surface area contributed by atoms with E-state index >= 15 is 0 Å². The van der Waals surface area contributed by atoms with Crippen LogP contribution in [0.5, 0.6) is 11.5 Å². The zero-order valence-corrected chi connectivity index (χ0v) is 18.6. The van der Waals surface area contributed by atoms with Gasteiger partial charge in [0, 0.05) is 25.2 Å². The minimum absolute atomic E-state index is 0. The van der Waals surface area contributed by atoms with Gasteiger partial charge in [-0.25, -0.2) is 0 Å². The van der Waals surface area contributed by atoms with Crippen molar-refractivity contribution < 1.29 is 18.3 Å². The number of methoxy groups -OCH3 is 1. The lowest BCUT2D eigenvalue weighted by atomic mass is 10.1. The summed E-state index contributed by atoms with van der Waals surface area (Å²) in [5.74, 6) is 0.905. The molecule has 5 nitrogen and oxygen atoms in total. The standard InChI is InChI=1S/C19H22ClF2N3O2.HI/c1-23-19(25-12-14-5-3-4-6-15(14)20)24-10-9-13-7-8-16(26-2)17(11-13)27-18(21)22;/h3-8,11,18H,9-10,12H2,1-2H3,(H2,23,24,25);1H. The number of nitrogens with zero attached hydrogens (tertiary/aromatic N) is 1. The first-order valence-electron chi connectivity index (χ1n) is 8.33. The van der Waals surface area contributed by atoms with Gasteiger partial charge in [0.1, 0.15) is 0 Å². The van der Waals surface area contributed by atoms with Gasteiger partial charge in [0.05, 0.1) is 7.11 Å². The Morgan fingerprint density at radius 1 is 1.14 bits per heavy atom. The highest BCUT2D eigenvalue weighted by atomic mass is 127. The number of benzene rings is 2. The second kappa shape index (κ2) is 12.6. The van der Waals surface area contributed by atoms with E-state index in [-0.39, 0.29) is 35.5 Å². The number of aliphatic imine (C=N–C) groups is 1. The molecular formula is C19H23ClF2IN3O2. The number of hydrogen-bond donors (Lipinski definition) is 2. The largest absolute Gasteiger partial charge is 0.493 e. The fourth-order valence-electron chi connectivity index (χ4n) is 2.43. The third kappa shape index (κ3) is 7.67. The maximum absolute atomic E-state index is 12.5. The second-order valence-corrected chi connectivity index (χ2v) is 5.96. The average molecular weight is 526 g/mol. The number of ether oxygens (including phenoxy) is 2. The molecule has 9 heteroatoms. The van der Waals surface area contributed by atoms with Crippen LogP contribution in [0.2, 0.25) is 5.02 Å². The van der Waals surface area contributed by atoms with Crippen LogP contribution in [-0.2, 0) is 13.0 Å². The molecule has 0 aliphatic rings. The predicted molar refractivity (Wildman–Crippen MR) is 118 cm³/mol. The zero-order chi connectivity index (χ0) is 19.6. The van der Waals surface area contributed by atoms with E-state index in [9.17, 15) is 8.78 Å². The zero-order valence-electron chi connectivity index (χ0n) is 15.5. The molecule has 0 aromatic heterocycles. The topological polar surface area (TPSA) is 54.9 Å².